The van der Waals surface area contributed by atoms with Crippen LogP contribution in [0.3, 0.4) is 0 Å². The van der Waals surface area contributed by atoms with Crippen LogP contribution in [0.2, 0.25) is 0 Å². The molecule has 15 heavy (non-hydrogen) atoms. The monoisotopic (exact) mass is 209 g/mol. The minimum Gasteiger partial charge on any atom is -0.506 e. The summed E-state index contributed by atoms with van der Waals surface area (Å²) < 4.78 is 0. The molecule has 0 saturated carbocycles. The van der Waals surface area contributed by atoms with Gasteiger partial charge in [0, 0.05) is 5.92 Å². The van der Waals surface area contributed by atoms with Crippen molar-refractivity contribution < 1.29 is 10.2 Å². The fourth-order valence-electron chi connectivity index (χ4n) is 1.80. The number of aromatic hydroxyl groups is 1. The predicted octanol–water partition coefficient (Wildman–Crippen LogP) is 2.24. The molecular formula is C12H19NO2. The summed E-state index contributed by atoms with van der Waals surface area (Å²) in [5, 5.41) is 19.0. The molecule has 0 bridgehead atoms. The van der Waals surface area contributed by atoms with Crippen LogP contribution in [0.25, 0.3) is 0 Å². The summed E-state index contributed by atoms with van der Waals surface area (Å²) in [7, 11) is 0. The first-order chi connectivity index (χ1) is 7.06. The van der Waals surface area contributed by atoms with Crippen molar-refractivity contribution in [3.05, 3.63) is 23.8 Å². The molecule has 0 aromatic heterocycles. The summed E-state index contributed by atoms with van der Waals surface area (Å²) in [5.74, 6) is 0.192. The smallest absolute Gasteiger partial charge is 0.138 e. The summed E-state index contributed by atoms with van der Waals surface area (Å²) in [6, 6.07) is 5.14. The van der Waals surface area contributed by atoms with Crippen LogP contribution >= 0.6 is 0 Å². The van der Waals surface area contributed by atoms with E-state index in [2.05, 4.69) is 6.92 Å². The number of hydrogen-bond acceptors (Lipinski definition) is 3. The largest absolute Gasteiger partial charge is 0.506 e. The second-order valence-corrected chi connectivity index (χ2v) is 3.95. The Morgan fingerprint density at radius 3 is 2.53 bits per heavy atom. The Hall–Kier alpha value is -1.22. The van der Waals surface area contributed by atoms with Crippen molar-refractivity contribution in [3.63, 3.8) is 0 Å². The molecule has 0 fully saturated rings. The zero-order valence-electron chi connectivity index (χ0n) is 9.27. The van der Waals surface area contributed by atoms with E-state index >= 15 is 0 Å². The molecule has 3 heteroatoms. The van der Waals surface area contributed by atoms with E-state index in [-0.39, 0.29) is 11.7 Å². The number of aliphatic hydroxyl groups excluding tert-OH is 1. The number of anilines is 1. The molecule has 2 atom stereocenters. The lowest BCUT2D eigenvalue weighted by Gasteiger charge is -2.20. The van der Waals surface area contributed by atoms with Gasteiger partial charge in [-0.15, -0.1) is 0 Å². The Labute approximate surface area is 90.5 Å². The molecule has 0 saturated heterocycles. The van der Waals surface area contributed by atoms with Gasteiger partial charge >= 0.3 is 0 Å². The third-order valence-corrected chi connectivity index (χ3v) is 2.66. The SMILES string of the molecule is CCCC(c1ccc(O)c(N)c1)C(C)O. The molecule has 0 spiro atoms. The van der Waals surface area contributed by atoms with Crippen molar-refractivity contribution in [2.24, 2.45) is 0 Å². The van der Waals surface area contributed by atoms with Crippen LogP contribution in [0.5, 0.6) is 5.75 Å². The van der Waals surface area contributed by atoms with Crippen LogP contribution < -0.4 is 5.73 Å². The summed E-state index contributed by atoms with van der Waals surface area (Å²) >= 11 is 0. The standard InChI is InChI=1S/C12H19NO2/c1-3-4-10(8(2)14)9-5-6-12(15)11(13)7-9/h5-8,10,14-15H,3-4,13H2,1-2H3. The number of nitrogen functional groups attached to an aromatic ring is 1. The Bertz CT molecular complexity index is 323. The third-order valence-electron chi connectivity index (χ3n) is 2.66. The zero-order valence-corrected chi connectivity index (χ0v) is 9.27. The number of phenolic OH excluding ortho intramolecular Hbond substituents is 1. The van der Waals surface area contributed by atoms with Gasteiger partial charge in [-0.3, -0.25) is 0 Å². The summed E-state index contributed by atoms with van der Waals surface area (Å²) in [6.45, 7) is 3.86. The molecular weight excluding hydrogens is 190 g/mol. The number of hydrogen-bond donors (Lipinski definition) is 3. The molecule has 1 aromatic carbocycles. The van der Waals surface area contributed by atoms with Crippen molar-refractivity contribution in [3.8, 4) is 5.75 Å². The molecule has 1 aromatic rings. The van der Waals surface area contributed by atoms with E-state index < -0.39 is 6.10 Å². The quantitative estimate of drug-likeness (QED) is 0.526. The van der Waals surface area contributed by atoms with Crippen LogP contribution in [-0.4, -0.2) is 16.3 Å². The second kappa shape index (κ2) is 5.03. The molecule has 0 aliphatic heterocycles. The molecule has 2 unspecified atom stereocenters. The molecule has 0 aliphatic carbocycles. The average Bonchev–Trinajstić information content (AvgIpc) is 2.18. The maximum Gasteiger partial charge on any atom is 0.138 e. The maximum absolute atomic E-state index is 9.65. The van der Waals surface area contributed by atoms with E-state index in [1.54, 1.807) is 19.1 Å². The minimum atomic E-state index is -0.395. The molecule has 1 rings (SSSR count). The molecule has 84 valence electrons. The van der Waals surface area contributed by atoms with Gasteiger partial charge in [-0.25, -0.2) is 0 Å². The lowest BCUT2D eigenvalue weighted by Crippen LogP contribution is -2.14. The molecule has 3 nitrogen and oxygen atoms in total. The summed E-state index contributed by atoms with van der Waals surface area (Å²) in [5.41, 5.74) is 6.98. The lowest BCUT2D eigenvalue weighted by atomic mass is 9.90. The number of benzene rings is 1. The lowest BCUT2D eigenvalue weighted by molar-refractivity contribution is 0.157. The van der Waals surface area contributed by atoms with Crippen LogP contribution in [0.4, 0.5) is 5.69 Å². The Kier molecular flexibility index (Phi) is 3.97. The van der Waals surface area contributed by atoms with Gasteiger partial charge in [0.2, 0.25) is 0 Å². The molecule has 0 aliphatic rings. The maximum atomic E-state index is 9.65. The van der Waals surface area contributed by atoms with Crippen LogP contribution in [-0.2, 0) is 0 Å². The van der Waals surface area contributed by atoms with Gasteiger partial charge in [0.1, 0.15) is 5.75 Å². The highest BCUT2D eigenvalue weighted by atomic mass is 16.3. The van der Waals surface area contributed by atoms with Crippen molar-refractivity contribution >= 4 is 5.69 Å². The van der Waals surface area contributed by atoms with Crippen molar-refractivity contribution in [1.82, 2.24) is 0 Å². The van der Waals surface area contributed by atoms with E-state index in [1.807, 2.05) is 6.07 Å². The fraction of sp³-hybridized carbons (Fsp3) is 0.500. The topological polar surface area (TPSA) is 66.5 Å². The van der Waals surface area contributed by atoms with Crippen LogP contribution in [0, 0.1) is 0 Å². The van der Waals surface area contributed by atoms with E-state index in [1.165, 1.54) is 0 Å². The van der Waals surface area contributed by atoms with Crippen LogP contribution in [0.15, 0.2) is 18.2 Å². The highest BCUT2D eigenvalue weighted by Crippen LogP contribution is 2.29. The first-order valence-corrected chi connectivity index (χ1v) is 5.32. The van der Waals surface area contributed by atoms with Gasteiger partial charge in [0.15, 0.2) is 0 Å². The molecule has 0 heterocycles. The minimum absolute atomic E-state index is 0.0953. The zero-order chi connectivity index (χ0) is 11.4. The Morgan fingerprint density at radius 2 is 2.07 bits per heavy atom. The van der Waals surface area contributed by atoms with E-state index in [0.717, 1.165) is 18.4 Å². The third kappa shape index (κ3) is 2.86. The van der Waals surface area contributed by atoms with E-state index in [4.69, 9.17) is 5.73 Å². The summed E-state index contributed by atoms with van der Waals surface area (Å²) in [4.78, 5) is 0. The predicted molar refractivity (Wildman–Crippen MR) is 61.8 cm³/mol. The van der Waals surface area contributed by atoms with Crippen molar-refractivity contribution in [1.29, 1.82) is 0 Å². The Morgan fingerprint density at radius 1 is 1.40 bits per heavy atom. The highest BCUT2D eigenvalue weighted by molar-refractivity contribution is 5.54. The molecule has 4 N–H and O–H groups in total. The van der Waals surface area contributed by atoms with E-state index in [0.29, 0.717) is 5.69 Å². The average molecular weight is 209 g/mol. The molecule has 0 amide bonds. The van der Waals surface area contributed by atoms with Crippen molar-refractivity contribution in [2.75, 3.05) is 5.73 Å². The van der Waals surface area contributed by atoms with Gasteiger partial charge in [-0.05, 0) is 31.0 Å². The first-order valence-electron chi connectivity index (χ1n) is 5.32. The summed E-state index contributed by atoms with van der Waals surface area (Å²) in [6.07, 6.45) is 1.53. The fourth-order valence-corrected chi connectivity index (χ4v) is 1.80. The van der Waals surface area contributed by atoms with E-state index in [9.17, 15) is 10.2 Å². The first kappa shape index (κ1) is 11.9. The number of nitrogens with two attached hydrogens (primary N) is 1. The normalized spacial score (nSPS) is 14.9. The highest BCUT2D eigenvalue weighted by Gasteiger charge is 2.17. The van der Waals surface area contributed by atoms with Gasteiger partial charge in [0.25, 0.3) is 0 Å². The van der Waals surface area contributed by atoms with Gasteiger partial charge in [0.05, 0.1) is 11.8 Å². The van der Waals surface area contributed by atoms with Gasteiger partial charge < -0.3 is 15.9 Å². The van der Waals surface area contributed by atoms with Crippen LogP contribution in [0.1, 0.15) is 38.2 Å². The number of aliphatic hydroxyl groups is 1. The van der Waals surface area contributed by atoms with Gasteiger partial charge in [-0.1, -0.05) is 19.4 Å². The van der Waals surface area contributed by atoms with Crippen molar-refractivity contribution in [2.45, 2.75) is 38.7 Å². The second-order valence-electron chi connectivity index (χ2n) is 3.95. The van der Waals surface area contributed by atoms with Gasteiger partial charge in [-0.2, -0.15) is 0 Å². The number of rotatable bonds is 4. The Balaban J connectivity index is 2.95. The molecule has 0 radical (unpaired) electrons. The number of phenols is 1.